The van der Waals surface area contributed by atoms with E-state index in [1.807, 2.05) is 44.3 Å². The topological polar surface area (TPSA) is 59.1 Å². The van der Waals surface area contributed by atoms with E-state index in [-0.39, 0.29) is 0 Å². The number of hydrogen-bond acceptors (Lipinski definition) is 5. The van der Waals surface area contributed by atoms with Crippen molar-refractivity contribution in [3.05, 3.63) is 36.0 Å². The van der Waals surface area contributed by atoms with Crippen molar-refractivity contribution in [2.45, 2.75) is 27.2 Å². The maximum absolute atomic E-state index is 5.51. The van der Waals surface area contributed by atoms with Gasteiger partial charge in [-0.05, 0) is 32.4 Å². The van der Waals surface area contributed by atoms with Crippen molar-refractivity contribution in [2.24, 2.45) is 0 Å². The lowest BCUT2D eigenvalue weighted by atomic mass is 10.3. The summed E-state index contributed by atoms with van der Waals surface area (Å²) in [6.07, 6.45) is 2.86. The van der Waals surface area contributed by atoms with E-state index in [0.29, 0.717) is 12.6 Å². The van der Waals surface area contributed by atoms with Crippen LogP contribution in [-0.2, 0) is 0 Å². The molecule has 0 fully saturated rings. The maximum Gasteiger partial charge on any atom is 0.224 e. The molecule has 0 saturated carbocycles. The van der Waals surface area contributed by atoms with Gasteiger partial charge in [-0.15, -0.1) is 0 Å². The summed E-state index contributed by atoms with van der Waals surface area (Å²) >= 11 is 0. The number of aromatic nitrogens is 2. The van der Waals surface area contributed by atoms with Crippen molar-refractivity contribution in [1.29, 1.82) is 0 Å². The molecule has 1 aromatic carbocycles. The number of rotatable bonds is 7. The van der Waals surface area contributed by atoms with Crippen LogP contribution < -0.4 is 15.4 Å². The fraction of sp³-hybridized carbons (Fsp3) is 0.375. The molecule has 0 aliphatic carbocycles. The largest absolute Gasteiger partial charge is 0.494 e. The first-order valence-corrected chi connectivity index (χ1v) is 7.30. The Morgan fingerprint density at radius 1 is 1.24 bits per heavy atom. The van der Waals surface area contributed by atoms with Gasteiger partial charge in [-0.25, -0.2) is 4.98 Å². The van der Waals surface area contributed by atoms with Crippen LogP contribution in [0.25, 0.3) is 0 Å². The predicted molar refractivity (Wildman–Crippen MR) is 86.4 cm³/mol. The summed E-state index contributed by atoms with van der Waals surface area (Å²) in [5, 5.41) is 6.51. The Morgan fingerprint density at radius 2 is 2.10 bits per heavy atom. The molecule has 1 heterocycles. The van der Waals surface area contributed by atoms with E-state index in [9.17, 15) is 0 Å². The standard InChI is InChI=1S/C16H22N4O/c1-4-9-17-16-18-11-12(3)15(20-16)19-13-7-6-8-14(10-13)21-5-2/h6-8,10-11H,4-5,9H2,1-3H3,(H2,17,18,19,20). The SMILES string of the molecule is CCCNc1ncc(C)c(Nc2cccc(OCC)c2)n1. The molecule has 2 N–H and O–H groups in total. The van der Waals surface area contributed by atoms with E-state index in [4.69, 9.17) is 4.74 Å². The molecule has 1 aromatic heterocycles. The molecule has 0 aliphatic heterocycles. The van der Waals surface area contributed by atoms with Crippen LogP contribution in [0.3, 0.4) is 0 Å². The number of anilines is 3. The van der Waals surface area contributed by atoms with Crippen molar-refractivity contribution < 1.29 is 4.74 Å². The van der Waals surface area contributed by atoms with Gasteiger partial charge in [0, 0.05) is 30.1 Å². The van der Waals surface area contributed by atoms with Gasteiger partial charge in [-0.2, -0.15) is 4.98 Å². The number of aryl methyl sites for hydroxylation is 1. The first-order chi connectivity index (χ1) is 10.2. The molecule has 0 bridgehead atoms. The van der Waals surface area contributed by atoms with Crippen LogP contribution in [-0.4, -0.2) is 23.1 Å². The molecule has 0 atom stereocenters. The Bertz CT molecular complexity index is 586. The number of nitrogens with zero attached hydrogens (tertiary/aromatic N) is 2. The van der Waals surface area contributed by atoms with Gasteiger partial charge in [0.25, 0.3) is 0 Å². The molecular weight excluding hydrogens is 264 g/mol. The molecule has 0 aliphatic rings. The van der Waals surface area contributed by atoms with E-state index in [1.54, 1.807) is 0 Å². The zero-order valence-electron chi connectivity index (χ0n) is 12.8. The van der Waals surface area contributed by atoms with Crippen LogP contribution in [0.5, 0.6) is 5.75 Å². The molecule has 5 heteroatoms. The van der Waals surface area contributed by atoms with E-state index in [1.165, 1.54) is 0 Å². The molecule has 0 unspecified atom stereocenters. The average molecular weight is 286 g/mol. The Hall–Kier alpha value is -2.30. The van der Waals surface area contributed by atoms with Crippen LogP contribution in [0.15, 0.2) is 30.5 Å². The van der Waals surface area contributed by atoms with Crippen LogP contribution >= 0.6 is 0 Å². The summed E-state index contributed by atoms with van der Waals surface area (Å²) in [7, 11) is 0. The summed E-state index contributed by atoms with van der Waals surface area (Å²) in [6, 6.07) is 7.85. The third-order valence-electron chi connectivity index (χ3n) is 2.91. The monoisotopic (exact) mass is 286 g/mol. The molecule has 2 rings (SSSR count). The van der Waals surface area contributed by atoms with Crippen LogP contribution in [0.1, 0.15) is 25.8 Å². The van der Waals surface area contributed by atoms with Gasteiger partial charge < -0.3 is 15.4 Å². The lowest BCUT2D eigenvalue weighted by Gasteiger charge is -2.11. The third-order valence-corrected chi connectivity index (χ3v) is 2.91. The predicted octanol–water partition coefficient (Wildman–Crippen LogP) is 3.75. The molecule has 0 spiro atoms. The number of hydrogen-bond donors (Lipinski definition) is 2. The minimum absolute atomic E-state index is 0.644. The van der Waals surface area contributed by atoms with Gasteiger partial charge in [-0.3, -0.25) is 0 Å². The highest BCUT2D eigenvalue weighted by atomic mass is 16.5. The van der Waals surface area contributed by atoms with E-state index in [2.05, 4.69) is 27.5 Å². The Morgan fingerprint density at radius 3 is 2.86 bits per heavy atom. The summed E-state index contributed by atoms with van der Waals surface area (Å²) < 4.78 is 5.51. The molecule has 5 nitrogen and oxygen atoms in total. The van der Waals surface area contributed by atoms with Gasteiger partial charge in [0.2, 0.25) is 5.95 Å². The average Bonchev–Trinajstić information content (AvgIpc) is 2.49. The highest BCUT2D eigenvalue weighted by molar-refractivity contribution is 5.61. The van der Waals surface area contributed by atoms with Gasteiger partial charge in [-0.1, -0.05) is 13.0 Å². The Labute approximate surface area is 125 Å². The van der Waals surface area contributed by atoms with E-state index >= 15 is 0 Å². The third kappa shape index (κ3) is 4.34. The molecule has 112 valence electrons. The normalized spacial score (nSPS) is 10.2. The number of benzene rings is 1. The van der Waals surface area contributed by atoms with Gasteiger partial charge >= 0.3 is 0 Å². The lowest BCUT2D eigenvalue weighted by Crippen LogP contribution is -2.06. The molecule has 0 amide bonds. The summed E-state index contributed by atoms with van der Waals surface area (Å²) in [5.41, 5.74) is 1.95. The van der Waals surface area contributed by atoms with Crippen LogP contribution in [0.4, 0.5) is 17.5 Å². The van der Waals surface area contributed by atoms with Crippen LogP contribution in [0, 0.1) is 6.92 Å². The van der Waals surface area contributed by atoms with E-state index in [0.717, 1.165) is 35.8 Å². The highest BCUT2D eigenvalue weighted by Gasteiger charge is 2.05. The first kappa shape index (κ1) is 15.1. The van der Waals surface area contributed by atoms with Crippen LogP contribution in [0.2, 0.25) is 0 Å². The highest BCUT2D eigenvalue weighted by Crippen LogP contribution is 2.22. The second-order valence-corrected chi connectivity index (χ2v) is 4.74. The second-order valence-electron chi connectivity index (χ2n) is 4.74. The molecule has 0 radical (unpaired) electrons. The van der Waals surface area contributed by atoms with Crippen molar-refractivity contribution in [2.75, 3.05) is 23.8 Å². The summed E-state index contributed by atoms with van der Waals surface area (Å²) in [4.78, 5) is 8.78. The summed E-state index contributed by atoms with van der Waals surface area (Å²) in [5.74, 6) is 2.29. The minimum Gasteiger partial charge on any atom is -0.494 e. The minimum atomic E-state index is 0.644. The van der Waals surface area contributed by atoms with Crippen molar-refractivity contribution in [1.82, 2.24) is 9.97 Å². The van der Waals surface area contributed by atoms with Gasteiger partial charge in [0.1, 0.15) is 11.6 Å². The van der Waals surface area contributed by atoms with Gasteiger partial charge in [0.05, 0.1) is 6.61 Å². The Balaban J connectivity index is 2.16. The zero-order chi connectivity index (χ0) is 15.1. The quantitative estimate of drug-likeness (QED) is 0.811. The molecule has 2 aromatic rings. The van der Waals surface area contributed by atoms with Crippen molar-refractivity contribution in [3.63, 3.8) is 0 Å². The number of nitrogens with one attached hydrogen (secondary N) is 2. The fourth-order valence-electron chi connectivity index (χ4n) is 1.86. The maximum atomic E-state index is 5.51. The molecular formula is C16H22N4O. The van der Waals surface area contributed by atoms with Crippen molar-refractivity contribution in [3.8, 4) is 5.75 Å². The second kappa shape index (κ2) is 7.47. The Kier molecular flexibility index (Phi) is 5.37. The zero-order valence-corrected chi connectivity index (χ0v) is 12.8. The number of ether oxygens (including phenoxy) is 1. The molecule has 0 saturated heterocycles. The smallest absolute Gasteiger partial charge is 0.224 e. The molecule has 21 heavy (non-hydrogen) atoms. The van der Waals surface area contributed by atoms with E-state index < -0.39 is 0 Å². The first-order valence-electron chi connectivity index (χ1n) is 7.30. The lowest BCUT2D eigenvalue weighted by molar-refractivity contribution is 0.340. The van der Waals surface area contributed by atoms with Crippen molar-refractivity contribution >= 4 is 17.5 Å². The van der Waals surface area contributed by atoms with Gasteiger partial charge in [0.15, 0.2) is 0 Å². The summed E-state index contributed by atoms with van der Waals surface area (Å²) in [6.45, 7) is 7.58. The fourth-order valence-corrected chi connectivity index (χ4v) is 1.86.